The SMILES string of the molecule is O=[N+]([O-])c1ccc(C(I)NCc2ccc(Cl)cc2)s1. The van der Waals surface area contributed by atoms with Crippen LogP contribution in [0.15, 0.2) is 36.4 Å². The van der Waals surface area contributed by atoms with E-state index in [2.05, 4.69) is 27.9 Å². The van der Waals surface area contributed by atoms with Crippen LogP contribution in [0.25, 0.3) is 0 Å². The van der Waals surface area contributed by atoms with Gasteiger partial charge in [0.15, 0.2) is 0 Å². The van der Waals surface area contributed by atoms with Gasteiger partial charge in [-0.1, -0.05) is 57.7 Å². The Balaban J connectivity index is 1.95. The van der Waals surface area contributed by atoms with Gasteiger partial charge in [-0.15, -0.1) is 0 Å². The van der Waals surface area contributed by atoms with Gasteiger partial charge in [-0.2, -0.15) is 0 Å². The number of benzene rings is 1. The molecule has 1 unspecified atom stereocenters. The summed E-state index contributed by atoms with van der Waals surface area (Å²) in [4.78, 5) is 11.2. The summed E-state index contributed by atoms with van der Waals surface area (Å²) in [6, 6.07) is 10.9. The minimum absolute atomic E-state index is 0.0481. The molecular formula is C12H10ClIN2O2S. The normalized spacial score (nSPS) is 12.3. The first kappa shape index (κ1) is 14.7. The Bertz CT molecular complexity index is 573. The molecule has 0 radical (unpaired) electrons. The second-order valence-corrected chi connectivity index (χ2v) is 6.58. The lowest BCUT2D eigenvalue weighted by Crippen LogP contribution is -2.14. The number of thiophene rings is 1. The Labute approximate surface area is 133 Å². The topological polar surface area (TPSA) is 55.2 Å². The number of hydrogen-bond donors (Lipinski definition) is 1. The maximum atomic E-state index is 10.6. The van der Waals surface area contributed by atoms with Crippen molar-refractivity contribution >= 4 is 50.5 Å². The largest absolute Gasteiger partial charge is 0.324 e. The van der Waals surface area contributed by atoms with Crippen LogP contribution in [0.4, 0.5) is 5.00 Å². The molecule has 1 heterocycles. The average molecular weight is 409 g/mol. The molecule has 0 amide bonds. The highest BCUT2D eigenvalue weighted by Crippen LogP contribution is 2.32. The third-order valence-corrected chi connectivity index (χ3v) is 5.33. The first-order valence-corrected chi connectivity index (χ1v) is 7.86. The molecule has 0 saturated carbocycles. The molecule has 2 aromatic rings. The number of alkyl halides is 1. The lowest BCUT2D eigenvalue weighted by Gasteiger charge is -2.10. The van der Waals surface area contributed by atoms with E-state index in [1.807, 2.05) is 24.3 Å². The fraction of sp³-hybridized carbons (Fsp3) is 0.167. The van der Waals surface area contributed by atoms with Gasteiger partial charge >= 0.3 is 5.00 Å². The molecule has 1 atom stereocenters. The van der Waals surface area contributed by atoms with Gasteiger partial charge < -0.3 is 0 Å². The van der Waals surface area contributed by atoms with Gasteiger partial charge in [0.25, 0.3) is 0 Å². The Kier molecular flexibility index (Phi) is 5.14. The molecule has 19 heavy (non-hydrogen) atoms. The van der Waals surface area contributed by atoms with Crippen molar-refractivity contribution in [3.63, 3.8) is 0 Å². The summed E-state index contributed by atoms with van der Waals surface area (Å²) >= 11 is 9.24. The lowest BCUT2D eigenvalue weighted by atomic mass is 10.2. The van der Waals surface area contributed by atoms with E-state index in [1.54, 1.807) is 6.07 Å². The maximum absolute atomic E-state index is 10.6. The van der Waals surface area contributed by atoms with Crippen LogP contribution in [-0.2, 0) is 6.54 Å². The van der Waals surface area contributed by atoms with Gasteiger partial charge in [-0.05, 0) is 23.8 Å². The second-order valence-electron chi connectivity index (χ2n) is 3.80. The zero-order valence-electron chi connectivity index (χ0n) is 9.68. The number of nitrogens with one attached hydrogen (secondary N) is 1. The third kappa shape index (κ3) is 4.13. The van der Waals surface area contributed by atoms with Crippen molar-refractivity contribution < 1.29 is 4.92 Å². The van der Waals surface area contributed by atoms with Gasteiger partial charge in [-0.25, -0.2) is 0 Å². The number of nitro groups is 1. The highest BCUT2D eigenvalue weighted by Gasteiger charge is 2.15. The molecule has 0 aliphatic heterocycles. The van der Waals surface area contributed by atoms with Crippen molar-refractivity contribution in [2.75, 3.05) is 0 Å². The smallest absolute Gasteiger partial charge is 0.297 e. The number of halogens is 2. The Morgan fingerprint density at radius 2 is 2.00 bits per heavy atom. The molecule has 2 rings (SSSR count). The first-order valence-electron chi connectivity index (χ1n) is 5.42. The Morgan fingerprint density at radius 1 is 1.32 bits per heavy atom. The number of nitrogens with zero attached hydrogens (tertiary/aromatic N) is 1. The average Bonchev–Trinajstić information content (AvgIpc) is 2.87. The second kappa shape index (κ2) is 6.65. The van der Waals surface area contributed by atoms with E-state index in [1.165, 1.54) is 17.4 Å². The summed E-state index contributed by atoms with van der Waals surface area (Å²) in [7, 11) is 0. The molecule has 0 fully saturated rings. The Hall–Kier alpha value is -0.700. The molecule has 0 spiro atoms. The van der Waals surface area contributed by atoms with E-state index < -0.39 is 0 Å². The summed E-state index contributed by atoms with van der Waals surface area (Å²) in [5, 5.41) is 14.8. The molecule has 7 heteroatoms. The molecule has 1 aromatic heterocycles. The van der Waals surface area contributed by atoms with Crippen molar-refractivity contribution in [2.45, 2.75) is 10.6 Å². The maximum Gasteiger partial charge on any atom is 0.324 e. The summed E-state index contributed by atoms with van der Waals surface area (Å²) < 4.78 is 0.0481. The summed E-state index contributed by atoms with van der Waals surface area (Å²) in [5.41, 5.74) is 1.12. The monoisotopic (exact) mass is 408 g/mol. The molecule has 0 saturated heterocycles. The third-order valence-electron chi connectivity index (χ3n) is 2.44. The van der Waals surface area contributed by atoms with Crippen LogP contribution in [0.3, 0.4) is 0 Å². The van der Waals surface area contributed by atoms with Crippen LogP contribution in [0, 0.1) is 10.1 Å². The molecule has 1 aromatic carbocycles. The fourth-order valence-electron chi connectivity index (χ4n) is 1.49. The van der Waals surface area contributed by atoms with Crippen LogP contribution in [0.1, 0.15) is 14.5 Å². The minimum Gasteiger partial charge on any atom is -0.297 e. The minimum atomic E-state index is -0.364. The molecular weight excluding hydrogens is 399 g/mol. The van der Waals surface area contributed by atoms with E-state index in [0.29, 0.717) is 11.6 Å². The van der Waals surface area contributed by atoms with Crippen molar-refractivity contribution in [3.8, 4) is 0 Å². The molecule has 100 valence electrons. The zero-order chi connectivity index (χ0) is 13.8. The summed E-state index contributed by atoms with van der Waals surface area (Å²) in [5.74, 6) is 0. The number of rotatable bonds is 5. The quantitative estimate of drug-likeness (QED) is 0.260. The Morgan fingerprint density at radius 3 is 2.58 bits per heavy atom. The van der Waals surface area contributed by atoms with Crippen molar-refractivity contribution in [1.29, 1.82) is 0 Å². The highest BCUT2D eigenvalue weighted by atomic mass is 127. The molecule has 0 aliphatic rings. The molecule has 0 aliphatic carbocycles. The van der Waals surface area contributed by atoms with Crippen LogP contribution >= 0.6 is 45.5 Å². The van der Waals surface area contributed by atoms with Crippen LogP contribution < -0.4 is 5.32 Å². The number of hydrogen-bond acceptors (Lipinski definition) is 4. The summed E-state index contributed by atoms with van der Waals surface area (Å²) in [6.07, 6.45) is 0. The first-order chi connectivity index (χ1) is 9.06. The van der Waals surface area contributed by atoms with E-state index >= 15 is 0 Å². The van der Waals surface area contributed by atoms with Crippen LogP contribution in [0.5, 0.6) is 0 Å². The van der Waals surface area contributed by atoms with Gasteiger partial charge in [-0.3, -0.25) is 15.4 Å². The van der Waals surface area contributed by atoms with Crippen molar-refractivity contribution in [2.24, 2.45) is 0 Å². The van der Waals surface area contributed by atoms with Gasteiger partial charge in [0, 0.05) is 22.5 Å². The van der Waals surface area contributed by atoms with Crippen molar-refractivity contribution in [1.82, 2.24) is 5.32 Å². The lowest BCUT2D eigenvalue weighted by molar-refractivity contribution is -0.380. The molecule has 4 nitrogen and oxygen atoms in total. The van der Waals surface area contributed by atoms with Crippen LogP contribution in [-0.4, -0.2) is 4.92 Å². The standard InChI is InChI=1S/C12H10ClIN2O2S/c13-9-3-1-8(2-4-9)7-15-12(14)10-5-6-11(19-10)16(17)18/h1-6,12,15H,7H2. The van der Waals surface area contributed by atoms with E-state index in [9.17, 15) is 10.1 Å². The van der Waals surface area contributed by atoms with E-state index in [0.717, 1.165) is 10.4 Å². The molecule has 0 bridgehead atoms. The fourth-order valence-corrected chi connectivity index (χ4v) is 3.20. The van der Waals surface area contributed by atoms with E-state index in [-0.39, 0.29) is 14.0 Å². The summed E-state index contributed by atoms with van der Waals surface area (Å²) in [6.45, 7) is 0.691. The zero-order valence-corrected chi connectivity index (χ0v) is 13.4. The van der Waals surface area contributed by atoms with Gasteiger partial charge in [0.05, 0.1) is 8.97 Å². The predicted octanol–water partition coefficient (Wildman–Crippen LogP) is 4.53. The van der Waals surface area contributed by atoms with Crippen LogP contribution in [0.2, 0.25) is 5.02 Å². The predicted molar refractivity (Wildman–Crippen MR) is 86.0 cm³/mol. The van der Waals surface area contributed by atoms with E-state index in [4.69, 9.17) is 11.6 Å². The highest BCUT2D eigenvalue weighted by molar-refractivity contribution is 14.1. The van der Waals surface area contributed by atoms with Crippen molar-refractivity contribution in [3.05, 3.63) is 62.0 Å². The van der Waals surface area contributed by atoms with Gasteiger partial charge in [0.1, 0.15) is 0 Å². The van der Waals surface area contributed by atoms with Gasteiger partial charge in [0.2, 0.25) is 0 Å². The molecule has 1 N–H and O–H groups in total.